The van der Waals surface area contributed by atoms with Gasteiger partial charge in [0.1, 0.15) is 0 Å². The monoisotopic (exact) mass is 618 g/mol. The third-order valence-corrected chi connectivity index (χ3v) is 8.76. The van der Waals surface area contributed by atoms with Crippen LogP contribution in [0.5, 0.6) is 0 Å². The number of benzene rings is 2. The molecule has 2 fully saturated rings. The zero-order chi connectivity index (χ0) is 31.0. The fraction of sp³-hybridized carbons (Fsp3) is 0.484. The molecule has 0 spiro atoms. The second-order valence-corrected chi connectivity index (χ2v) is 11.9. The van der Waals surface area contributed by atoms with E-state index in [1.807, 2.05) is 18.4 Å². The molecule has 2 aromatic rings. The lowest BCUT2D eigenvalue weighted by Crippen LogP contribution is -2.54. The Balaban J connectivity index is 1.38. The van der Waals surface area contributed by atoms with Crippen molar-refractivity contribution in [3.8, 4) is 0 Å². The van der Waals surface area contributed by atoms with Crippen molar-refractivity contribution < 1.29 is 32.3 Å². The molecule has 0 aromatic heterocycles. The number of rotatable bonds is 9. The number of halogens is 3. The number of thioether (sulfide) groups is 1. The standard InChI is InChI=1S/C31H37F3N4O4S/c1-43-22-14-11-20(12-15-22)29(41)38-26-10-6-5-9-25(26)36-27(39)18-35-30(42)23-17-21(31(32,33)34)13-16-24(23)37-28(40)19-7-3-2-4-8-19/h11-17,19,25-26H,2-10,18H2,1H3,(H,35,42)(H,36,39)(H,37,40)(H,38,41)/t25-,26+/m1/s1. The molecular formula is C31H37F3N4O4S. The maximum Gasteiger partial charge on any atom is 0.416 e. The SMILES string of the molecule is CSc1ccc(C(=O)N[C@H]2CCCC[C@H]2NC(=O)CNC(=O)c2cc(C(F)(F)F)ccc2NC(=O)C2CCCCC2)cc1. The highest BCUT2D eigenvalue weighted by Gasteiger charge is 2.33. The average molecular weight is 619 g/mol. The quantitative estimate of drug-likeness (QED) is 0.276. The molecule has 0 unspecified atom stereocenters. The topological polar surface area (TPSA) is 116 Å². The molecule has 12 heteroatoms. The van der Waals surface area contributed by atoms with Crippen LogP contribution in [0.25, 0.3) is 0 Å². The predicted octanol–water partition coefficient (Wildman–Crippen LogP) is 5.53. The smallest absolute Gasteiger partial charge is 0.350 e. The van der Waals surface area contributed by atoms with Gasteiger partial charge < -0.3 is 21.3 Å². The van der Waals surface area contributed by atoms with E-state index in [4.69, 9.17) is 0 Å². The summed E-state index contributed by atoms with van der Waals surface area (Å²) in [4.78, 5) is 52.5. The third kappa shape index (κ3) is 8.98. The predicted molar refractivity (Wildman–Crippen MR) is 159 cm³/mol. The van der Waals surface area contributed by atoms with Gasteiger partial charge in [-0.25, -0.2) is 0 Å². The zero-order valence-electron chi connectivity index (χ0n) is 24.0. The molecule has 2 aromatic carbocycles. The number of carbonyl (C=O) groups excluding carboxylic acids is 4. The number of carbonyl (C=O) groups is 4. The van der Waals surface area contributed by atoms with Crippen LogP contribution >= 0.6 is 11.8 Å². The lowest BCUT2D eigenvalue weighted by atomic mass is 9.88. The Hall–Kier alpha value is -3.54. The molecule has 0 heterocycles. The van der Waals surface area contributed by atoms with Crippen LogP contribution in [0.15, 0.2) is 47.4 Å². The van der Waals surface area contributed by atoms with Gasteiger partial charge in [-0.05, 0) is 74.4 Å². The highest BCUT2D eigenvalue weighted by Crippen LogP contribution is 2.33. The van der Waals surface area contributed by atoms with Crippen molar-refractivity contribution in [3.63, 3.8) is 0 Å². The van der Waals surface area contributed by atoms with Gasteiger partial charge in [-0.1, -0.05) is 32.1 Å². The summed E-state index contributed by atoms with van der Waals surface area (Å²) >= 11 is 1.57. The van der Waals surface area contributed by atoms with Crippen LogP contribution in [0.3, 0.4) is 0 Å². The van der Waals surface area contributed by atoms with Crippen molar-refractivity contribution in [3.05, 3.63) is 59.2 Å². The number of amides is 4. The van der Waals surface area contributed by atoms with Gasteiger partial charge in [0, 0.05) is 28.5 Å². The minimum Gasteiger partial charge on any atom is -0.350 e. The van der Waals surface area contributed by atoms with Crippen LogP contribution in [0.4, 0.5) is 18.9 Å². The Morgan fingerprint density at radius 3 is 2.07 bits per heavy atom. The maximum absolute atomic E-state index is 13.4. The van der Waals surface area contributed by atoms with Crippen LogP contribution in [-0.2, 0) is 15.8 Å². The van der Waals surface area contributed by atoms with Crippen LogP contribution < -0.4 is 21.3 Å². The molecule has 4 N–H and O–H groups in total. The van der Waals surface area contributed by atoms with E-state index in [9.17, 15) is 32.3 Å². The fourth-order valence-electron chi connectivity index (χ4n) is 5.60. The number of alkyl halides is 3. The van der Waals surface area contributed by atoms with Crippen molar-refractivity contribution in [2.24, 2.45) is 5.92 Å². The molecule has 0 radical (unpaired) electrons. The molecule has 2 atom stereocenters. The lowest BCUT2D eigenvalue weighted by molar-refractivity contribution is -0.137. The normalized spacial score (nSPS) is 19.3. The van der Waals surface area contributed by atoms with Crippen LogP contribution in [-0.4, -0.2) is 48.5 Å². The summed E-state index contributed by atoms with van der Waals surface area (Å²) in [5.74, 6) is -2.31. The van der Waals surface area contributed by atoms with E-state index in [0.717, 1.165) is 49.1 Å². The second-order valence-electron chi connectivity index (χ2n) is 11.0. The Kier molecular flexibility index (Phi) is 11.1. The van der Waals surface area contributed by atoms with Crippen LogP contribution in [0.2, 0.25) is 0 Å². The number of hydrogen-bond donors (Lipinski definition) is 4. The summed E-state index contributed by atoms with van der Waals surface area (Å²) in [7, 11) is 0. The molecule has 4 amide bonds. The van der Waals surface area contributed by atoms with Crippen molar-refractivity contribution in [2.75, 3.05) is 18.1 Å². The second kappa shape index (κ2) is 14.8. The fourth-order valence-corrected chi connectivity index (χ4v) is 6.01. The molecule has 0 bridgehead atoms. The molecule has 4 rings (SSSR count). The van der Waals surface area contributed by atoms with Crippen LogP contribution in [0, 0.1) is 5.92 Å². The van der Waals surface area contributed by atoms with Crippen molar-refractivity contribution >= 4 is 41.1 Å². The van der Waals surface area contributed by atoms with Gasteiger partial charge in [-0.15, -0.1) is 11.8 Å². The Morgan fingerprint density at radius 2 is 1.44 bits per heavy atom. The van der Waals surface area contributed by atoms with E-state index in [0.29, 0.717) is 37.3 Å². The van der Waals surface area contributed by atoms with Gasteiger partial charge in [0.2, 0.25) is 11.8 Å². The summed E-state index contributed by atoms with van der Waals surface area (Å²) in [5, 5.41) is 10.9. The van der Waals surface area contributed by atoms with Gasteiger partial charge in [0.25, 0.3) is 11.8 Å². The van der Waals surface area contributed by atoms with E-state index in [1.54, 1.807) is 23.9 Å². The van der Waals surface area contributed by atoms with E-state index in [1.165, 1.54) is 0 Å². The molecule has 0 aliphatic heterocycles. The van der Waals surface area contributed by atoms with Crippen molar-refractivity contribution in [2.45, 2.75) is 80.9 Å². The molecular weight excluding hydrogens is 581 g/mol. The first-order chi connectivity index (χ1) is 20.5. The maximum atomic E-state index is 13.4. The molecule has 2 aliphatic carbocycles. The van der Waals surface area contributed by atoms with E-state index in [-0.39, 0.29) is 41.1 Å². The molecule has 2 aliphatic rings. The Bertz CT molecular complexity index is 1310. The first-order valence-corrected chi connectivity index (χ1v) is 15.8. The zero-order valence-corrected chi connectivity index (χ0v) is 24.8. The minimum atomic E-state index is -4.70. The van der Waals surface area contributed by atoms with Gasteiger partial charge in [-0.3, -0.25) is 19.2 Å². The molecule has 43 heavy (non-hydrogen) atoms. The average Bonchev–Trinajstić information content (AvgIpc) is 3.01. The van der Waals surface area contributed by atoms with Gasteiger partial charge in [-0.2, -0.15) is 13.2 Å². The minimum absolute atomic E-state index is 0.0397. The van der Waals surface area contributed by atoms with Crippen molar-refractivity contribution in [1.29, 1.82) is 0 Å². The Labute approximate surface area is 253 Å². The third-order valence-electron chi connectivity index (χ3n) is 8.02. The number of anilines is 1. The summed E-state index contributed by atoms with van der Waals surface area (Å²) < 4.78 is 40.3. The lowest BCUT2D eigenvalue weighted by Gasteiger charge is -2.33. The summed E-state index contributed by atoms with van der Waals surface area (Å²) in [6.45, 7) is -0.488. The van der Waals surface area contributed by atoms with E-state index < -0.39 is 30.1 Å². The largest absolute Gasteiger partial charge is 0.416 e. The summed E-state index contributed by atoms with van der Waals surface area (Å²) in [5.41, 5.74) is -0.945. The van der Waals surface area contributed by atoms with Gasteiger partial charge in [0.15, 0.2) is 0 Å². The molecule has 232 valence electrons. The molecule has 8 nitrogen and oxygen atoms in total. The van der Waals surface area contributed by atoms with Gasteiger partial charge >= 0.3 is 6.18 Å². The van der Waals surface area contributed by atoms with Crippen molar-refractivity contribution in [1.82, 2.24) is 16.0 Å². The summed E-state index contributed by atoms with van der Waals surface area (Å²) in [6.07, 6.45) is 4.44. The van der Waals surface area contributed by atoms with Gasteiger partial charge in [0.05, 0.1) is 23.4 Å². The highest BCUT2D eigenvalue weighted by atomic mass is 32.2. The molecule has 0 saturated heterocycles. The summed E-state index contributed by atoms with van der Waals surface area (Å²) in [6, 6.07) is 9.09. The van der Waals surface area contributed by atoms with E-state index >= 15 is 0 Å². The van der Waals surface area contributed by atoms with E-state index in [2.05, 4.69) is 21.3 Å². The first-order valence-electron chi connectivity index (χ1n) is 14.6. The molecule has 2 saturated carbocycles. The Morgan fingerprint density at radius 1 is 0.814 bits per heavy atom. The highest BCUT2D eigenvalue weighted by molar-refractivity contribution is 7.98. The number of hydrogen-bond acceptors (Lipinski definition) is 5. The number of nitrogens with one attached hydrogen (secondary N) is 4. The first kappa shape index (κ1) is 32.4. The van der Waals surface area contributed by atoms with Crippen LogP contribution in [0.1, 0.15) is 84.1 Å².